The number of hydrogen-bond acceptors (Lipinski definition) is 6. The highest BCUT2D eigenvalue weighted by Gasteiger charge is 2.41. The molecule has 0 radical (unpaired) electrons. The molecule has 1 heterocycles. The molecule has 138 valence electrons. The van der Waals surface area contributed by atoms with Crippen LogP contribution in [-0.4, -0.2) is 42.4 Å². The molecular weight excluding hydrogens is 338 g/mol. The molecule has 1 aliphatic heterocycles. The van der Waals surface area contributed by atoms with Gasteiger partial charge in [-0.15, -0.1) is 0 Å². The summed E-state index contributed by atoms with van der Waals surface area (Å²) in [5.41, 5.74) is 0.892. The number of nitrogens with one attached hydrogen (secondary N) is 2. The number of barbiturate groups is 1. The maximum Gasteiger partial charge on any atom is 0.337 e. The summed E-state index contributed by atoms with van der Waals surface area (Å²) in [6.07, 6.45) is 1.44. The van der Waals surface area contributed by atoms with E-state index in [4.69, 9.17) is 0 Å². The molecule has 0 bridgehead atoms. The van der Waals surface area contributed by atoms with Crippen LogP contribution in [0, 0.1) is 5.92 Å². The molecule has 4 amide bonds. The zero-order chi connectivity index (χ0) is 19.3. The molecule has 0 spiro atoms. The van der Waals surface area contributed by atoms with Gasteiger partial charge in [-0.3, -0.25) is 19.8 Å². The molecular formula is C18H21N3O5. The maximum atomic E-state index is 12.6. The lowest BCUT2D eigenvalue weighted by atomic mass is 10.0. The fraction of sp³-hybridized carbons (Fsp3) is 0.333. The van der Waals surface area contributed by atoms with Crippen LogP contribution in [0.25, 0.3) is 0 Å². The zero-order valence-electron chi connectivity index (χ0n) is 14.7. The molecule has 0 aliphatic carbocycles. The minimum Gasteiger partial charge on any atom is -0.465 e. The first-order valence-electron chi connectivity index (χ1n) is 8.19. The highest BCUT2D eigenvalue weighted by atomic mass is 16.5. The van der Waals surface area contributed by atoms with Gasteiger partial charge >= 0.3 is 12.0 Å². The Morgan fingerprint density at radius 3 is 2.73 bits per heavy atom. The second-order valence-corrected chi connectivity index (χ2v) is 5.79. The van der Waals surface area contributed by atoms with E-state index in [1.165, 1.54) is 13.2 Å². The number of hydrogen-bond donors (Lipinski definition) is 2. The number of methoxy groups -OCH3 is 1. The Labute approximate surface area is 151 Å². The summed E-state index contributed by atoms with van der Waals surface area (Å²) in [4.78, 5) is 49.2. The van der Waals surface area contributed by atoms with Crippen LogP contribution in [0.15, 0.2) is 36.5 Å². The Morgan fingerprint density at radius 1 is 1.35 bits per heavy atom. The summed E-state index contributed by atoms with van der Waals surface area (Å²) in [6, 6.07) is 5.65. The van der Waals surface area contributed by atoms with Crippen LogP contribution >= 0.6 is 0 Å². The number of benzene rings is 1. The van der Waals surface area contributed by atoms with E-state index in [9.17, 15) is 19.2 Å². The lowest BCUT2D eigenvalue weighted by Gasteiger charge is -2.31. The summed E-state index contributed by atoms with van der Waals surface area (Å²) in [7, 11) is 1.27. The maximum absolute atomic E-state index is 12.6. The average molecular weight is 359 g/mol. The molecule has 26 heavy (non-hydrogen) atoms. The first-order chi connectivity index (χ1) is 12.4. The highest BCUT2D eigenvalue weighted by Crippen LogP contribution is 2.21. The van der Waals surface area contributed by atoms with E-state index in [0.717, 1.165) is 11.3 Å². The summed E-state index contributed by atoms with van der Waals surface area (Å²) in [5, 5.41) is 5.04. The standard InChI is InChI=1S/C18H21N3O5/c1-4-5-9-21-16(23)14(15(22)20-18(21)25)11(2)19-13-8-6-7-12(10-13)17(24)26-3/h6-8,10,14,19H,2,4-5,9H2,1,3H3,(H,20,22,25)/t14-/m0/s1. The van der Waals surface area contributed by atoms with Gasteiger partial charge in [-0.05, 0) is 24.6 Å². The third kappa shape index (κ3) is 4.08. The number of carbonyl (C=O) groups excluding carboxylic acids is 4. The van der Waals surface area contributed by atoms with E-state index in [2.05, 4.69) is 21.9 Å². The van der Waals surface area contributed by atoms with Gasteiger partial charge in [-0.25, -0.2) is 9.59 Å². The van der Waals surface area contributed by atoms with Gasteiger partial charge in [0.05, 0.1) is 12.7 Å². The number of unbranched alkanes of at least 4 members (excludes halogenated alkanes) is 1. The van der Waals surface area contributed by atoms with Crippen molar-refractivity contribution in [3.63, 3.8) is 0 Å². The summed E-state index contributed by atoms with van der Waals surface area (Å²) in [5.74, 6) is -3.09. The number of ether oxygens (including phenoxy) is 1. The third-order valence-electron chi connectivity index (χ3n) is 3.92. The molecule has 1 aliphatic rings. The molecule has 1 saturated heterocycles. The Bertz CT molecular complexity index is 759. The van der Waals surface area contributed by atoms with Crippen molar-refractivity contribution >= 4 is 29.5 Å². The fourth-order valence-corrected chi connectivity index (χ4v) is 2.55. The van der Waals surface area contributed by atoms with Crippen molar-refractivity contribution in [3.8, 4) is 0 Å². The Kier molecular flexibility index (Phi) is 6.11. The Hall–Kier alpha value is -3.16. The average Bonchev–Trinajstić information content (AvgIpc) is 2.60. The Balaban J connectivity index is 2.17. The fourth-order valence-electron chi connectivity index (χ4n) is 2.55. The van der Waals surface area contributed by atoms with Gasteiger partial charge in [0.2, 0.25) is 11.8 Å². The van der Waals surface area contributed by atoms with Crippen molar-refractivity contribution in [1.29, 1.82) is 0 Å². The largest absolute Gasteiger partial charge is 0.465 e. The van der Waals surface area contributed by atoms with Crippen LogP contribution in [0.5, 0.6) is 0 Å². The SMILES string of the molecule is C=C(Nc1cccc(C(=O)OC)c1)[C@H]1C(=O)NC(=O)N(CCCC)C1=O. The predicted octanol–water partition coefficient (Wildman–Crippen LogP) is 1.89. The van der Waals surface area contributed by atoms with E-state index < -0.39 is 29.7 Å². The van der Waals surface area contributed by atoms with Gasteiger partial charge in [0, 0.05) is 17.9 Å². The van der Waals surface area contributed by atoms with Gasteiger partial charge in [-0.1, -0.05) is 26.0 Å². The molecule has 1 aromatic carbocycles. The van der Waals surface area contributed by atoms with Gasteiger partial charge in [0.15, 0.2) is 5.92 Å². The highest BCUT2D eigenvalue weighted by molar-refractivity contribution is 6.18. The molecule has 1 aromatic rings. The second-order valence-electron chi connectivity index (χ2n) is 5.79. The van der Waals surface area contributed by atoms with Crippen LogP contribution in [0.4, 0.5) is 10.5 Å². The van der Waals surface area contributed by atoms with E-state index in [-0.39, 0.29) is 12.2 Å². The number of anilines is 1. The summed E-state index contributed by atoms with van der Waals surface area (Å²) >= 11 is 0. The number of carbonyl (C=O) groups is 4. The molecule has 0 aromatic heterocycles. The number of amides is 4. The number of esters is 1. The van der Waals surface area contributed by atoms with Crippen molar-refractivity contribution in [1.82, 2.24) is 10.2 Å². The van der Waals surface area contributed by atoms with Crippen LogP contribution in [0.1, 0.15) is 30.1 Å². The molecule has 0 saturated carbocycles. The molecule has 1 fully saturated rings. The van der Waals surface area contributed by atoms with Crippen LogP contribution in [0.3, 0.4) is 0 Å². The van der Waals surface area contributed by atoms with Crippen molar-refractivity contribution in [2.24, 2.45) is 5.92 Å². The minimum atomic E-state index is -1.23. The second kappa shape index (κ2) is 8.28. The van der Waals surface area contributed by atoms with E-state index in [1.807, 2.05) is 6.92 Å². The summed E-state index contributed by atoms with van der Waals surface area (Å²) < 4.78 is 4.66. The number of rotatable bonds is 7. The topological polar surface area (TPSA) is 105 Å². The Morgan fingerprint density at radius 2 is 2.08 bits per heavy atom. The van der Waals surface area contributed by atoms with Gasteiger partial charge in [-0.2, -0.15) is 0 Å². The molecule has 8 heteroatoms. The quantitative estimate of drug-likeness (QED) is 0.569. The van der Waals surface area contributed by atoms with Gasteiger partial charge in [0.1, 0.15) is 0 Å². The van der Waals surface area contributed by atoms with Crippen molar-refractivity contribution in [3.05, 3.63) is 42.1 Å². The van der Waals surface area contributed by atoms with Crippen LogP contribution in [-0.2, 0) is 14.3 Å². The monoisotopic (exact) mass is 359 g/mol. The number of urea groups is 1. The lowest BCUT2D eigenvalue weighted by Crippen LogP contribution is -2.58. The van der Waals surface area contributed by atoms with Crippen LogP contribution in [0.2, 0.25) is 0 Å². The first-order valence-corrected chi connectivity index (χ1v) is 8.19. The zero-order valence-corrected chi connectivity index (χ0v) is 14.7. The van der Waals surface area contributed by atoms with Gasteiger partial charge in [0.25, 0.3) is 0 Å². The van der Waals surface area contributed by atoms with E-state index in [0.29, 0.717) is 17.7 Å². The smallest absolute Gasteiger partial charge is 0.337 e. The van der Waals surface area contributed by atoms with Gasteiger partial charge < -0.3 is 10.1 Å². The molecule has 2 N–H and O–H groups in total. The predicted molar refractivity (Wildman–Crippen MR) is 94.2 cm³/mol. The lowest BCUT2D eigenvalue weighted by molar-refractivity contribution is -0.140. The first kappa shape index (κ1) is 19.2. The molecule has 1 atom stereocenters. The number of imide groups is 2. The normalized spacial score (nSPS) is 16.9. The number of nitrogens with zero attached hydrogens (tertiary/aromatic N) is 1. The minimum absolute atomic E-state index is 0.114. The molecule has 0 unspecified atom stereocenters. The van der Waals surface area contributed by atoms with Crippen molar-refractivity contribution < 1.29 is 23.9 Å². The third-order valence-corrected chi connectivity index (χ3v) is 3.92. The van der Waals surface area contributed by atoms with E-state index in [1.54, 1.807) is 18.2 Å². The van der Waals surface area contributed by atoms with Crippen LogP contribution < -0.4 is 10.6 Å². The summed E-state index contributed by atoms with van der Waals surface area (Å²) in [6.45, 7) is 5.93. The molecule has 2 rings (SSSR count). The van der Waals surface area contributed by atoms with E-state index >= 15 is 0 Å². The van der Waals surface area contributed by atoms with Crippen molar-refractivity contribution in [2.45, 2.75) is 19.8 Å². The molecule has 8 nitrogen and oxygen atoms in total. The van der Waals surface area contributed by atoms with Crippen molar-refractivity contribution in [2.75, 3.05) is 19.0 Å².